The van der Waals surface area contributed by atoms with E-state index in [1.807, 2.05) is 6.07 Å². The van der Waals surface area contributed by atoms with E-state index in [0.717, 1.165) is 49.1 Å². The van der Waals surface area contributed by atoms with Gasteiger partial charge < -0.3 is 15.5 Å². The van der Waals surface area contributed by atoms with Crippen LogP contribution in [0.5, 0.6) is 0 Å². The Kier molecular flexibility index (Phi) is 7.73. The number of guanidine groups is 1. The lowest BCUT2D eigenvalue weighted by molar-refractivity contribution is 0.686. The average molecular weight is 360 g/mol. The molecule has 136 valence electrons. The molecule has 0 aliphatic carbocycles. The lowest BCUT2D eigenvalue weighted by Crippen LogP contribution is -2.37. The summed E-state index contributed by atoms with van der Waals surface area (Å²) in [6.07, 6.45) is 2.24. The summed E-state index contributed by atoms with van der Waals surface area (Å²) < 4.78 is 0. The zero-order valence-electron chi connectivity index (χ0n) is 15.7. The maximum absolute atomic E-state index is 4.54. The molecule has 2 aromatic rings. The second kappa shape index (κ2) is 10.0. The molecule has 0 aliphatic rings. The van der Waals surface area contributed by atoms with Crippen LogP contribution in [0.1, 0.15) is 28.4 Å². The van der Waals surface area contributed by atoms with Crippen molar-refractivity contribution < 1.29 is 0 Å². The van der Waals surface area contributed by atoms with Crippen LogP contribution in [0.25, 0.3) is 0 Å². The van der Waals surface area contributed by atoms with Crippen molar-refractivity contribution in [3.8, 4) is 0 Å². The van der Waals surface area contributed by atoms with Gasteiger partial charge in [-0.05, 0) is 38.8 Å². The molecule has 0 unspecified atom stereocenters. The van der Waals surface area contributed by atoms with Crippen LogP contribution in [-0.2, 0) is 6.54 Å². The van der Waals surface area contributed by atoms with Gasteiger partial charge in [0.2, 0.25) is 0 Å². The number of aryl methyl sites for hydroxylation is 2. The van der Waals surface area contributed by atoms with Crippen LogP contribution in [0.3, 0.4) is 0 Å². The minimum absolute atomic E-state index is 0.718. The third kappa shape index (κ3) is 6.38. The van der Waals surface area contributed by atoms with Crippen LogP contribution >= 0.6 is 11.3 Å². The lowest BCUT2D eigenvalue weighted by atomic mass is 10.2. The fourth-order valence-electron chi connectivity index (χ4n) is 2.49. The van der Waals surface area contributed by atoms with Crippen molar-refractivity contribution in [2.24, 2.45) is 4.99 Å². The summed E-state index contributed by atoms with van der Waals surface area (Å²) in [6, 6.07) is 10.5. The monoisotopic (exact) mass is 359 g/mol. The van der Waals surface area contributed by atoms with Gasteiger partial charge in [-0.3, -0.25) is 4.99 Å². The molecule has 0 saturated heterocycles. The molecule has 1 aromatic heterocycles. The van der Waals surface area contributed by atoms with E-state index < -0.39 is 0 Å². The van der Waals surface area contributed by atoms with Gasteiger partial charge in [0.05, 0.1) is 12.2 Å². The molecule has 0 fully saturated rings. The standard InChI is InChI=1S/C19H29N5S/c1-15-16(2)25-18(23-15)14-22-19(20-3)21-12-8-9-13-24(4)17-10-6-5-7-11-17/h5-7,10-11H,8-9,12-14H2,1-4H3,(H2,20,21,22). The molecule has 0 aliphatic heterocycles. The van der Waals surface area contributed by atoms with Crippen molar-refractivity contribution >= 4 is 23.0 Å². The number of aliphatic imine (C=N–C) groups is 1. The van der Waals surface area contributed by atoms with E-state index in [-0.39, 0.29) is 0 Å². The summed E-state index contributed by atoms with van der Waals surface area (Å²) in [5.74, 6) is 0.835. The van der Waals surface area contributed by atoms with Gasteiger partial charge in [0, 0.05) is 37.7 Å². The Bertz CT molecular complexity index is 646. The van der Waals surface area contributed by atoms with Crippen LogP contribution in [0, 0.1) is 13.8 Å². The van der Waals surface area contributed by atoms with Crippen molar-refractivity contribution in [1.82, 2.24) is 15.6 Å². The number of nitrogens with one attached hydrogen (secondary N) is 2. The number of rotatable bonds is 8. The summed E-state index contributed by atoms with van der Waals surface area (Å²) in [5, 5.41) is 7.80. The predicted molar refractivity (Wildman–Crippen MR) is 109 cm³/mol. The molecule has 6 heteroatoms. The summed E-state index contributed by atoms with van der Waals surface area (Å²) >= 11 is 1.74. The second-order valence-electron chi connectivity index (χ2n) is 6.07. The van der Waals surface area contributed by atoms with E-state index in [1.54, 1.807) is 18.4 Å². The molecule has 0 atom stereocenters. The van der Waals surface area contributed by atoms with Gasteiger partial charge >= 0.3 is 0 Å². The SMILES string of the molecule is CN=C(NCCCCN(C)c1ccccc1)NCc1nc(C)c(C)s1. The molecule has 5 nitrogen and oxygen atoms in total. The topological polar surface area (TPSA) is 52.6 Å². The van der Waals surface area contributed by atoms with Crippen molar-refractivity contribution in [2.45, 2.75) is 33.2 Å². The molecule has 0 radical (unpaired) electrons. The predicted octanol–water partition coefficient (Wildman–Crippen LogP) is 3.34. The highest BCUT2D eigenvalue weighted by molar-refractivity contribution is 7.11. The third-order valence-electron chi connectivity index (χ3n) is 4.11. The minimum Gasteiger partial charge on any atom is -0.375 e. The van der Waals surface area contributed by atoms with Gasteiger partial charge in [-0.2, -0.15) is 0 Å². The largest absolute Gasteiger partial charge is 0.375 e. The van der Waals surface area contributed by atoms with Crippen LogP contribution in [-0.4, -0.2) is 38.1 Å². The summed E-state index contributed by atoms with van der Waals surface area (Å²) in [4.78, 5) is 12.4. The Balaban J connectivity index is 1.62. The Morgan fingerprint density at radius 3 is 2.56 bits per heavy atom. The fourth-order valence-corrected chi connectivity index (χ4v) is 3.36. The lowest BCUT2D eigenvalue weighted by Gasteiger charge is -2.19. The summed E-state index contributed by atoms with van der Waals surface area (Å²) in [5.41, 5.74) is 2.38. The van der Waals surface area contributed by atoms with Crippen molar-refractivity contribution in [2.75, 3.05) is 32.1 Å². The van der Waals surface area contributed by atoms with Crippen molar-refractivity contribution in [3.05, 3.63) is 45.9 Å². The van der Waals surface area contributed by atoms with E-state index in [1.165, 1.54) is 10.6 Å². The number of benzene rings is 1. The van der Waals surface area contributed by atoms with Gasteiger partial charge in [0.25, 0.3) is 0 Å². The van der Waals surface area contributed by atoms with E-state index in [0.29, 0.717) is 0 Å². The highest BCUT2D eigenvalue weighted by Crippen LogP contribution is 2.15. The Morgan fingerprint density at radius 1 is 1.16 bits per heavy atom. The van der Waals surface area contributed by atoms with Gasteiger partial charge in [0.1, 0.15) is 5.01 Å². The molecule has 2 rings (SSSR count). The Morgan fingerprint density at radius 2 is 1.92 bits per heavy atom. The first-order valence-corrected chi connectivity index (χ1v) is 9.55. The van der Waals surface area contributed by atoms with Gasteiger partial charge in [-0.15, -0.1) is 11.3 Å². The molecular weight excluding hydrogens is 330 g/mol. The summed E-state index contributed by atoms with van der Waals surface area (Å²) in [7, 11) is 3.94. The van der Waals surface area contributed by atoms with Crippen LogP contribution in [0.2, 0.25) is 0 Å². The molecular formula is C19H29N5S. The molecule has 1 heterocycles. The average Bonchev–Trinajstić information content (AvgIpc) is 2.95. The quantitative estimate of drug-likeness (QED) is 0.431. The third-order valence-corrected chi connectivity index (χ3v) is 5.19. The molecule has 0 bridgehead atoms. The number of hydrogen-bond acceptors (Lipinski definition) is 4. The number of anilines is 1. The number of nitrogens with zero attached hydrogens (tertiary/aromatic N) is 3. The van der Waals surface area contributed by atoms with E-state index in [4.69, 9.17) is 0 Å². The first kappa shape index (κ1) is 19.2. The van der Waals surface area contributed by atoms with E-state index in [2.05, 4.69) is 70.7 Å². The number of para-hydroxylation sites is 1. The normalized spacial score (nSPS) is 11.4. The van der Waals surface area contributed by atoms with Crippen molar-refractivity contribution in [1.29, 1.82) is 0 Å². The highest BCUT2D eigenvalue weighted by atomic mass is 32.1. The van der Waals surface area contributed by atoms with E-state index >= 15 is 0 Å². The Labute approximate surface area is 155 Å². The van der Waals surface area contributed by atoms with Gasteiger partial charge in [-0.25, -0.2) is 4.98 Å². The molecule has 1 aromatic carbocycles. The van der Waals surface area contributed by atoms with E-state index in [9.17, 15) is 0 Å². The molecule has 0 saturated carbocycles. The molecule has 25 heavy (non-hydrogen) atoms. The van der Waals surface area contributed by atoms with Crippen LogP contribution < -0.4 is 15.5 Å². The van der Waals surface area contributed by atoms with Crippen molar-refractivity contribution in [3.63, 3.8) is 0 Å². The number of thiazole rings is 1. The maximum atomic E-state index is 4.54. The zero-order chi connectivity index (χ0) is 18.1. The first-order valence-electron chi connectivity index (χ1n) is 8.73. The fraction of sp³-hybridized carbons (Fsp3) is 0.474. The maximum Gasteiger partial charge on any atom is 0.191 e. The van der Waals surface area contributed by atoms with Crippen LogP contribution in [0.15, 0.2) is 35.3 Å². The van der Waals surface area contributed by atoms with Gasteiger partial charge in [-0.1, -0.05) is 18.2 Å². The molecule has 0 spiro atoms. The minimum atomic E-state index is 0.718. The van der Waals surface area contributed by atoms with Gasteiger partial charge in [0.15, 0.2) is 5.96 Å². The number of aromatic nitrogens is 1. The first-order chi connectivity index (χ1) is 12.1. The Hall–Kier alpha value is -2.08. The molecule has 2 N–H and O–H groups in total. The highest BCUT2D eigenvalue weighted by Gasteiger charge is 2.05. The summed E-state index contributed by atoms with van der Waals surface area (Å²) in [6.45, 7) is 6.84. The number of unbranched alkanes of at least 4 members (excludes halogenated alkanes) is 1. The molecule has 0 amide bonds. The smallest absolute Gasteiger partial charge is 0.191 e. The van der Waals surface area contributed by atoms with Crippen LogP contribution in [0.4, 0.5) is 5.69 Å². The zero-order valence-corrected chi connectivity index (χ0v) is 16.5. The second-order valence-corrected chi connectivity index (χ2v) is 7.35. The number of hydrogen-bond donors (Lipinski definition) is 2.